The molecule has 2 nitrogen and oxygen atoms in total. The first kappa shape index (κ1) is 14.0. The fourth-order valence-electron chi connectivity index (χ4n) is 2.60. The molecular formula is C15H23BrN2. The van der Waals surface area contributed by atoms with Crippen molar-refractivity contribution in [1.29, 1.82) is 0 Å². The van der Waals surface area contributed by atoms with Crippen LogP contribution in [0.3, 0.4) is 0 Å². The van der Waals surface area contributed by atoms with Crippen LogP contribution < -0.4 is 5.32 Å². The molecule has 1 unspecified atom stereocenters. The SMILES string of the molecule is CCN(Cc1ccc(Br)cc1)CC1CCCNC1. The molecule has 3 heteroatoms. The van der Waals surface area contributed by atoms with Gasteiger partial charge in [-0.2, -0.15) is 0 Å². The summed E-state index contributed by atoms with van der Waals surface area (Å²) < 4.78 is 1.16. The van der Waals surface area contributed by atoms with Gasteiger partial charge in [0.25, 0.3) is 0 Å². The first-order chi connectivity index (χ1) is 8.78. The zero-order valence-electron chi connectivity index (χ0n) is 11.2. The minimum absolute atomic E-state index is 0.828. The second kappa shape index (κ2) is 7.27. The molecule has 0 spiro atoms. The normalized spacial score (nSPS) is 20.3. The summed E-state index contributed by atoms with van der Waals surface area (Å²) in [5, 5.41) is 3.50. The maximum atomic E-state index is 3.50. The average Bonchev–Trinajstić information content (AvgIpc) is 2.41. The number of nitrogens with one attached hydrogen (secondary N) is 1. The molecule has 2 rings (SSSR count). The summed E-state index contributed by atoms with van der Waals surface area (Å²) in [6.07, 6.45) is 2.71. The van der Waals surface area contributed by atoms with E-state index in [9.17, 15) is 0 Å². The fourth-order valence-corrected chi connectivity index (χ4v) is 2.86. The lowest BCUT2D eigenvalue weighted by atomic mass is 9.99. The van der Waals surface area contributed by atoms with Crippen LogP contribution in [0.5, 0.6) is 0 Å². The van der Waals surface area contributed by atoms with Gasteiger partial charge in [-0.05, 0) is 56.1 Å². The van der Waals surface area contributed by atoms with Gasteiger partial charge in [-0.1, -0.05) is 35.0 Å². The fraction of sp³-hybridized carbons (Fsp3) is 0.600. The maximum absolute atomic E-state index is 3.50. The summed E-state index contributed by atoms with van der Waals surface area (Å²) in [4.78, 5) is 2.56. The maximum Gasteiger partial charge on any atom is 0.0233 e. The number of hydrogen-bond donors (Lipinski definition) is 1. The second-order valence-electron chi connectivity index (χ2n) is 5.17. The monoisotopic (exact) mass is 310 g/mol. The molecule has 0 amide bonds. The minimum Gasteiger partial charge on any atom is -0.316 e. The number of benzene rings is 1. The lowest BCUT2D eigenvalue weighted by Gasteiger charge is -2.29. The Morgan fingerprint density at radius 2 is 2.11 bits per heavy atom. The Kier molecular flexibility index (Phi) is 5.67. The van der Waals surface area contributed by atoms with Crippen molar-refractivity contribution in [3.05, 3.63) is 34.3 Å². The van der Waals surface area contributed by atoms with Gasteiger partial charge in [0.1, 0.15) is 0 Å². The molecule has 1 aromatic rings. The van der Waals surface area contributed by atoms with Crippen LogP contribution in [0, 0.1) is 5.92 Å². The van der Waals surface area contributed by atoms with Gasteiger partial charge in [-0.15, -0.1) is 0 Å². The number of hydrogen-bond acceptors (Lipinski definition) is 2. The van der Waals surface area contributed by atoms with E-state index in [1.165, 1.54) is 38.0 Å². The summed E-state index contributed by atoms with van der Waals surface area (Å²) in [6.45, 7) is 8.08. The Morgan fingerprint density at radius 1 is 1.33 bits per heavy atom. The van der Waals surface area contributed by atoms with Crippen molar-refractivity contribution >= 4 is 15.9 Å². The Balaban J connectivity index is 1.86. The van der Waals surface area contributed by atoms with Crippen LogP contribution in [-0.2, 0) is 6.54 Å². The van der Waals surface area contributed by atoms with Crippen LogP contribution in [0.25, 0.3) is 0 Å². The molecule has 0 radical (unpaired) electrons. The van der Waals surface area contributed by atoms with Crippen LogP contribution in [0.1, 0.15) is 25.3 Å². The average molecular weight is 311 g/mol. The molecule has 100 valence electrons. The number of rotatable bonds is 5. The molecule has 1 saturated heterocycles. The van der Waals surface area contributed by atoms with Crippen molar-refractivity contribution < 1.29 is 0 Å². The minimum atomic E-state index is 0.828. The van der Waals surface area contributed by atoms with Gasteiger partial charge in [0.15, 0.2) is 0 Å². The summed E-state index contributed by atoms with van der Waals surface area (Å²) >= 11 is 3.49. The molecule has 1 atom stereocenters. The molecule has 1 heterocycles. The second-order valence-corrected chi connectivity index (χ2v) is 6.08. The van der Waals surface area contributed by atoms with Crippen molar-refractivity contribution in [2.24, 2.45) is 5.92 Å². The molecule has 1 fully saturated rings. The molecule has 1 N–H and O–H groups in total. The van der Waals surface area contributed by atoms with Crippen molar-refractivity contribution in [3.63, 3.8) is 0 Å². The van der Waals surface area contributed by atoms with E-state index in [0.29, 0.717) is 0 Å². The van der Waals surface area contributed by atoms with E-state index in [4.69, 9.17) is 0 Å². The smallest absolute Gasteiger partial charge is 0.0233 e. The van der Waals surface area contributed by atoms with Crippen molar-refractivity contribution in [2.45, 2.75) is 26.3 Å². The van der Waals surface area contributed by atoms with Gasteiger partial charge in [-0.3, -0.25) is 4.90 Å². The number of halogens is 1. The van der Waals surface area contributed by atoms with Crippen molar-refractivity contribution in [3.8, 4) is 0 Å². The molecule has 1 aliphatic heterocycles. The van der Waals surface area contributed by atoms with E-state index in [1.54, 1.807) is 0 Å². The summed E-state index contributed by atoms with van der Waals surface area (Å²) in [7, 11) is 0. The van der Waals surface area contributed by atoms with Crippen molar-refractivity contribution in [1.82, 2.24) is 10.2 Å². The largest absolute Gasteiger partial charge is 0.316 e. The Labute approximate surface area is 119 Å². The molecule has 0 saturated carbocycles. The molecule has 0 aromatic heterocycles. The van der Waals surface area contributed by atoms with Gasteiger partial charge in [0, 0.05) is 17.6 Å². The highest BCUT2D eigenvalue weighted by molar-refractivity contribution is 9.10. The van der Waals surface area contributed by atoms with Crippen LogP contribution in [0.15, 0.2) is 28.7 Å². The van der Waals surface area contributed by atoms with E-state index in [2.05, 4.69) is 57.3 Å². The van der Waals surface area contributed by atoms with E-state index in [-0.39, 0.29) is 0 Å². The predicted octanol–water partition coefficient (Wildman–Crippen LogP) is 3.27. The quantitative estimate of drug-likeness (QED) is 0.898. The van der Waals surface area contributed by atoms with E-state index < -0.39 is 0 Å². The Hall–Kier alpha value is -0.380. The third-order valence-electron chi connectivity index (χ3n) is 3.68. The zero-order valence-corrected chi connectivity index (χ0v) is 12.7. The van der Waals surface area contributed by atoms with E-state index in [1.807, 2.05) is 0 Å². The zero-order chi connectivity index (χ0) is 12.8. The highest BCUT2D eigenvalue weighted by atomic mass is 79.9. The first-order valence-corrected chi connectivity index (χ1v) is 7.74. The Morgan fingerprint density at radius 3 is 2.72 bits per heavy atom. The topological polar surface area (TPSA) is 15.3 Å². The molecule has 0 bridgehead atoms. The lowest BCUT2D eigenvalue weighted by molar-refractivity contribution is 0.209. The van der Waals surface area contributed by atoms with Crippen LogP contribution >= 0.6 is 15.9 Å². The van der Waals surface area contributed by atoms with Gasteiger partial charge in [0.2, 0.25) is 0 Å². The summed E-state index contributed by atoms with van der Waals surface area (Å²) in [5.41, 5.74) is 1.41. The third-order valence-corrected chi connectivity index (χ3v) is 4.21. The van der Waals surface area contributed by atoms with E-state index >= 15 is 0 Å². The number of nitrogens with zero attached hydrogens (tertiary/aromatic N) is 1. The van der Waals surface area contributed by atoms with E-state index in [0.717, 1.165) is 23.5 Å². The van der Waals surface area contributed by atoms with Crippen molar-refractivity contribution in [2.75, 3.05) is 26.2 Å². The van der Waals surface area contributed by atoms with Crippen LogP contribution in [-0.4, -0.2) is 31.1 Å². The predicted molar refractivity (Wildman–Crippen MR) is 80.7 cm³/mol. The Bertz CT molecular complexity index is 344. The molecule has 0 aliphatic carbocycles. The highest BCUT2D eigenvalue weighted by Crippen LogP contribution is 2.15. The molecule has 1 aromatic carbocycles. The van der Waals surface area contributed by atoms with Gasteiger partial charge in [0.05, 0.1) is 0 Å². The summed E-state index contributed by atoms with van der Waals surface area (Å²) in [6, 6.07) is 8.69. The van der Waals surface area contributed by atoms with Gasteiger partial charge >= 0.3 is 0 Å². The van der Waals surface area contributed by atoms with Crippen LogP contribution in [0.4, 0.5) is 0 Å². The third kappa shape index (κ3) is 4.38. The number of piperidine rings is 1. The molecule has 18 heavy (non-hydrogen) atoms. The molecule has 1 aliphatic rings. The standard InChI is InChI=1S/C15H23BrN2/c1-2-18(12-14-4-3-9-17-10-14)11-13-5-7-15(16)8-6-13/h5-8,14,17H,2-4,9-12H2,1H3. The van der Waals surface area contributed by atoms with Gasteiger partial charge in [-0.25, -0.2) is 0 Å². The first-order valence-electron chi connectivity index (χ1n) is 6.95. The highest BCUT2D eigenvalue weighted by Gasteiger charge is 2.16. The molecular weight excluding hydrogens is 288 g/mol. The lowest BCUT2D eigenvalue weighted by Crippen LogP contribution is -2.38. The summed E-state index contributed by atoms with van der Waals surface area (Å²) in [5.74, 6) is 0.828. The van der Waals surface area contributed by atoms with Crippen LogP contribution in [0.2, 0.25) is 0 Å². The van der Waals surface area contributed by atoms with Gasteiger partial charge < -0.3 is 5.32 Å².